The maximum absolute atomic E-state index is 9.22. The van der Waals surface area contributed by atoms with Gasteiger partial charge in [0.15, 0.2) is 0 Å². The van der Waals surface area contributed by atoms with Gasteiger partial charge in [0.2, 0.25) is 0 Å². The van der Waals surface area contributed by atoms with Crippen LogP contribution in [0.5, 0.6) is 0 Å². The second-order valence-corrected chi connectivity index (χ2v) is 3.91. The molecule has 0 saturated heterocycles. The minimum atomic E-state index is -0.351. The number of hydrogen-bond acceptors (Lipinski definition) is 2. The van der Waals surface area contributed by atoms with Gasteiger partial charge in [0.25, 0.3) is 0 Å². The molecule has 0 aromatic heterocycles. The molecule has 1 unspecified atom stereocenters. The van der Waals surface area contributed by atoms with Crippen LogP contribution in [0.25, 0.3) is 0 Å². The molecule has 1 nitrogen and oxygen atoms in total. The topological polar surface area (TPSA) is 20.2 Å². The zero-order valence-corrected chi connectivity index (χ0v) is 8.71. The smallest absolute Gasteiger partial charge is 0.0727 e. The zero-order valence-electron chi connectivity index (χ0n) is 7.90. The largest absolute Gasteiger partial charge is 0.389 e. The van der Waals surface area contributed by atoms with Crippen molar-refractivity contribution in [3.63, 3.8) is 0 Å². The highest BCUT2D eigenvalue weighted by molar-refractivity contribution is 8.02. The van der Waals surface area contributed by atoms with E-state index in [4.69, 9.17) is 0 Å². The Kier molecular flexibility index (Phi) is 4.06. The normalized spacial score (nSPS) is 14.2. The first-order chi connectivity index (χ1) is 6.20. The summed E-state index contributed by atoms with van der Waals surface area (Å²) in [6, 6.07) is 10.1. The van der Waals surface area contributed by atoms with Crippen LogP contribution in [0.4, 0.5) is 0 Å². The van der Waals surface area contributed by atoms with Gasteiger partial charge in [0.05, 0.1) is 6.10 Å². The average molecular weight is 194 g/mol. The van der Waals surface area contributed by atoms with Crippen molar-refractivity contribution in [3.05, 3.63) is 41.3 Å². The van der Waals surface area contributed by atoms with E-state index in [-0.39, 0.29) is 6.10 Å². The van der Waals surface area contributed by atoms with Gasteiger partial charge in [0, 0.05) is 4.90 Å². The summed E-state index contributed by atoms with van der Waals surface area (Å²) in [5.74, 6) is 0. The minimum Gasteiger partial charge on any atom is -0.389 e. The minimum absolute atomic E-state index is 0.351. The lowest BCUT2D eigenvalue weighted by Crippen LogP contribution is -1.99. The molecule has 70 valence electrons. The molecule has 13 heavy (non-hydrogen) atoms. The molecule has 1 aromatic rings. The Bertz CT molecular complexity index is 277. The van der Waals surface area contributed by atoms with Crippen molar-refractivity contribution in [1.82, 2.24) is 0 Å². The van der Waals surface area contributed by atoms with Crippen LogP contribution >= 0.6 is 11.8 Å². The van der Waals surface area contributed by atoms with E-state index in [0.717, 1.165) is 5.57 Å². The Balaban J connectivity index is 2.57. The van der Waals surface area contributed by atoms with E-state index < -0.39 is 0 Å². The Labute approximate surface area is 83.5 Å². The average Bonchev–Trinajstić information content (AvgIpc) is 2.15. The van der Waals surface area contributed by atoms with E-state index in [2.05, 4.69) is 12.1 Å². The number of rotatable bonds is 3. The molecule has 0 saturated carbocycles. The number of hydrogen-bond donors (Lipinski definition) is 1. The molecule has 0 radical (unpaired) electrons. The number of thioether (sulfide) groups is 1. The third-order valence-electron chi connectivity index (χ3n) is 1.78. The summed E-state index contributed by atoms with van der Waals surface area (Å²) in [6.07, 6.45) is -0.351. The van der Waals surface area contributed by atoms with Gasteiger partial charge in [-0.15, -0.1) is 0 Å². The van der Waals surface area contributed by atoms with Crippen LogP contribution in [0.15, 0.2) is 46.2 Å². The first kappa shape index (κ1) is 10.4. The molecule has 0 heterocycles. The van der Waals surface area contributed by atoms with Gasteiger partial charge < -0.3 is 5.11 Å². The maximum Gasteiger partial charge on any atom is 0.0727 e. The van der Waals surface area contributed by atoms with Gasteiger partial charge in [-0.2, -0.15) is 0 Å². The molecule has 0 bridgehead atoms. The third kappa shape index (κ3) is 3.66. The van der Waals surface area contributed by atoms with Gasteiger partial charge >= 0.3 is 0 Å². The standard InChI is InChI=1S/C11H14OS/c1-9(10(2)12)8-13-11-6-4-3-5-7-11/h3-8,10,12H,1-2H3/b9-8+. The van der Waals surface area contributed by atoms with Crippen LogP contribution in [0.3, 0.4) is 0 Å². The molecule has 1 aromatic carbocycles. The SMILES string of the molecule is C/C(=C\Sc1ccccc1)C(C)O. The van der Waals surface area contributed by atoms with Crippen LogP contribution in [-0.4, -0.2) is 11.2 Å². The molecule has 0 aliphatic carbocycles. The number of benzene rings is 1. The summed E-state index contributed by atoms with van der Waals surface area (Å²) in [6.45, 7) is 3.71. The van der Waals surface area contributed by atoms with Crippen LogP contribution in [0.1, 0.15) is 13.8 Å². The van der Waals surface area contributed by atoms with Crippen LogP contribution in [0.2, 0.25) is 0 Å². The zero-order chi connectivity index (χ0) is 9.68. The Morgan fingerprint density at radius 1 is 1.38 bits per heavy atom. The highest BCUT2D eigenvalue weighted by atomic mass is 32.2. The Morgan fingerprint density at radius 2 is 2.00 bits per heavy atom. The van der Waals surface area contributed by atoms with Crippen molar-refractivity contribution < 1.29 is 5.11 Å². The molecule has 0 aliphatic heterocycles. The Morgan fingerprint density at radius 3 is 2.54 bits per heavy atom. The molecule has 0 aliphatic rings. The molecule has 1 N–H and O–H groups in total. The highest BCUT2D eigenvalue weighted by Crippen LogP contribution is 2.20. The predicted octanol–water partition coefficient (Wildman–Crippen LogP) is 3.06. The van der Waals surface area contributed by atoms with Crippen molar-refractivity contribution in [2.45, 2.75) is 24.8 Å². The fraction of sp³-hybridized carbons (Fsp3) is 0.273. The van der Waals surface area contributed by atoms with Crippen molar-refractivity contribution in [1.29, 1.82) is 0 Å². The highest BCUT2D eigenvalue weighted by Gasteiger charge is 1.97. The number of aliphatic hydroxyl groups excluding tert-OH is 1. The molecule has 0 amide bonds. The van der Waals surface area contributed by atoms with Gasteiger partial charge in [0.1, 0.15) is 0 Å². The molecule has 2 heteroatoms. The van der Waals surface area contributed by atoms with E-state index >= 15 is 0 Å². The van der Waals surface area contributed by atoms with Crippen LogP contribution < -0.4 is 0 Å². The molecule has 1 rings (SSSR count). The lowest BCUT2D eigenvalue weighted by Gasteiger charge is -2.03. The Hall–Kier alpha value is -0.730. The van der Waals surface area contributed by atoms with Crippen molar-refractivity contribution >= 4 is 11.8 Å². The first-order valence-corrected chi connectivity index (χ1v) is 5.14. The van der Waals surface area contributed by atoms with Gasteiger partial charge in [-0.25, -0.2) is 0 Å². The molecule has 1 atom stereocenters. The second-order valence-electron chi connectivity index (χ2n) is 2.97. The van der Waals surface area contributed by atoms with E-state index in [0.29, 0.717) is 0 Å². The maximum atomic E-state index is 9.22. The summed E-state index contributed by atoms with van der Waals surface area (Å²) in [4.78, 5) is 1.20. The summed E-state index contributed by atoms with van der Waals surface area (Å²) >= 11 is 1.63. The van der Waals surface area contributed by atoms with E-state index in [9.17, 15) is 5.11 Å². The molecule has 0 spiro atoms. The van der Waals surface area contributed by atoms with Crippen LogP contribution in [-0.2, 0) is 0 Å². The number of aliphatic hydroxyl groups is 1. The molecular weight excluding hydrogens is 180 g/mol. The molecule has 0 fully saturated rings. The summed E-state index contributed by atoms with van der Waals surface area (Å²) < 4.78 is 0. The van der Waals surface area contributed by atoms with Crippen molar-refractivity contribution in [2.24, 2.45) is 0 Å². The molecular formula is C11H14OS. The summed E-state index contributed by atoms with van der Waals surface area (Å²) in [5.41, 5.74) is 0.994. The lowest BCUT2D eigenvalue weighted by atomic mass is 10.2. The van der Waals surface area contributed by atoms with E-state index in [1.165, 1.54) is 4.90 Å². The second kappa shape index (κ2) is 5.10. The van der Waals surface area contributed by atoms with Crippen molar-refractivity contribution in [2.75, 3.05) is 0 Å². The summed E-state index contributed by atoms with van der Waals surface area (Å²) in [5, 5.41) is 11.2. The third-order valence-corrected chi connectivity index (χ3v) is 2.82. The fourth-order valence-electron chi connectivity index (χ4n) is 0.759. The first-order valence-electron chi connectivity index (χ1n) is 4.26. The van der Waals surface area contributed by atoms with E-state index in [1.807, 2.05) is 30.5 Å². The monoisotopic (exact) mass is 194 g/mol. The fourth-order valence-corrected chi connectivity index (χ4v) is 1.59. The van der Waals surface area contributed by atoms with Gasteiger partial charge in [-0.3, -0.25) is 0 Å². The van der Waals surface area contributed by atoms with Crippen LogP contribution in [0, 0.1) is 0 Å². The predicted molar refractivity (Wildman–Crippen MR) is 57.7 cm³/mol. The van der Waals surface area contributed by atoms with Gasteiger partial charge in [-0.05, 0) is 37.0 Å². The summed E-state index contributed by atoms with van der Waals surface area (Å²) in [7, 11) is 0. The van der Waals surface area contributed by atoms with Gasteiger partial charge in [-0.1, -0.05) is 30.0 Å². The quantitative estimate of drug-likeness (QED) is 0.746. The van der Waals surface area contributed by atoms with Crippen molar-refractivity contribution in [3.8, 4) is 0 Å². The van der Waals surface area contributed by atoms with E-state index in [1.54, 1.807) is 18.7 Å². The lowest BCUT2D eigenvalue weighted by molar-refractivity contribution is 0.232.